The molecule has 82 valence electrons. The van der Waals surface area contributed by atoms with Crippen molar-refractivity contribution in [3.05, 3.63) is 34.4 Å². The number of sulfonamides is 1. The predicted molar refractivity (Wildman–Crippen MR) is 53.8 cm³/mol. The van der Waals surface area contributed by atoms with Crippen LogP contribution in [0, 0.1) is 10.1 Å². The Morgan fingerprint density at radius 1 is 1.33 bits per heavy atom. The Morgan fingerprint density at radius 3 is 2.40 bits per heavy atom. The van der Waals surface area contributed by atoms with Crippen LogP contribution in [0.2, 0.25) is 0 Å². The molecule has 0 aliphatic heterocycles. The summed E-state index contributed by atoms with van der Waals surface area (Å²) in [6, 6.07) is 4.40. The molecule has 0 saturated heterocycles. The number of benzene rings is 1. The lowest BCUT2D eigenvalue weighted by atomic mass is 10.3. The van der Waals surface area contributed by atoms with Crippen molar-refractivity contribution in [3.8, 4) is 0 Å². The van der Waals surface area contributed by atoms with E-state index in [2.05, 4.69) is 0 Å². The molecule has 0 aliphatic rings. The Balaban J connectivity index is 3.29. The van der Waals surface area contributed by atoms with Crippen molar-refractivity contribution in [2.75, 3.05) is 0 Å². The third kappa shape index (κ3) is 2.57. The number of nitro benzene ring substituents is 1. The number of hydrogen-bond donors (Lipinski definition) is 0. The zero-order chi connectivity index (χ0) is 11.6. The molecule has 0 spiro atoms. The lowest BCUT2D eigenvalue weighted by Gasteiger charge is -2.05. The van der Waals surface area contributed by atoms with Crippen LogP contribution in [-0.4, -0.2) is 16.7 Å². The van der Waals surface area contributed by atoms with E-state index in [0.717, 1.165) is 18.2 Å². The number of non-ortho nitro benzene ring substituents is 1. The average molecular weight is 271 g/mol. The second-order valence-electron chi connectivity index (χ2n) is 2.43. The van der Waals surface area contributed by atoms with Gasteiger partial charge in [0.05, 0.1) is 9.82 Å². The van der Waals surface area contributed by atoms with Gasteiger partial charge in [0.15, 0.2) is 0 Å². The Labute approximate surface area is 95.4 Å². The van der Waals surface area contributed by atoms with Gasteiger partial charge >= 0.3 is 0 Å². The molecule has 0 amide bonds. The van der Waals surface area contributed by atoms with Crippen LogP contribution in [0.1, 0.15) is 0 Å². The third-order valence-electron chi connectivity index (χ3n) is 1.51. The zero-order valence-electron chi connectivity index (χ0n) is 7.00. The van der Waals surface area contributed by atoms with Crippen LogP contribution >= 0.6 is 23.6 Å². The minimum atomic E-state index is -4.07. The number of halogens is 2. The van der Waals surface area contributed by atoms with Crippen molar-refractivity contribution < 1.29 is 13.3 Å². The molecule has 6 nitrogen and oxygen atoms in total. The van der Waals surface area contributed by atoms with Crippen molar-refractivity contribution in [3.63, 3.8) is 0 Å². The summed E-state index contributed by atoms with van der Waals surface area (Å²) in [6.07, 6.45) is 0. The standard InChI is InChI=1S/C6H4Cl2N2O4S/c7-10(8)15(13,14)6-3-1-2-5(4-6)9(11)12/h1-4H. The van der Waals surface area contributed by atoms with E-state index in [0.29, 0.717) is 0 Å². The summed E-state index contributed by atoms with van der Waals surface area (Å²) in [4.78, 5) is 9.32. The van der Waals surface area contributed by atoms with Gasteiger partial charge in [-0.2, -0.15) is 0 Å². The van der Waals surface area contributed by atoms with Crippen LogP contribution < -0.4 is 0 Å². The quantitative estimate of drug-likeness (QED) is 0.477. The van der Waals surface area contributed by atoms with Gasteiger partial charge in [0.1, 0.15) is 0 Å². The molecule has 0 atom stereocenters. The molecule has 0 unspecified atom stereocenters. The molecular formula is C6H4Cl2N2O4S. The second-order valence-corrected chi connectivity index (χ2v) is 5.47. The van der Waals surface area contributed by atoms with Crippen LogP contribution in [0.25, 0.3) is 0 Å². The van der Waals surface area contributed by atoms with Gasteiger partial charge in [0.2, 0.25) is 0 Å². The average Bonchev–Trinajstić information content (AvgIpc) is 2.17. The molecule has 1 aromatic rings. The minimum Gasteiger partial charge on any atom is -0.258 e. The molecule has 0 fully saturated rings. The fourth-order valence-corrected chi connectivity index (χ4v) is 1.99. The normalized spacial score (nSPS) is 11.7. The first-order chi connectivity index (χ1) is 6.85. The third-order valence-corrected chi connectivity index (χ3v) is 3.81. The van der Waals surface area contributed by atoms with Crippen molar-refractivity contribution in [1.29, 1.82) is 0 Å². The first kappa shape index (κ1) is 12.2. The zero-order valence-corrected chi connectivity index (χ0v) is 9.33. The van der Waals surface area contributed by atoms with E-state index in [1.54, 1.807) is 0 Å². The Hall–Kier alpha value is -0.890. The molecule has 1 rings (SSSR count). The van der Waals surface area contributed by atoms with Crippen LogP contribution in [0.4, 0.5) is 5.69 Å². The molecule has 0 N–H and O–H groups in total. The summed E-state index contributed by atoms with van der Waals surface area (Å²) in [5.74, 6) is 0. The van der Waals surface area contributed by atoms with E-state index in [1.165, 1.54) is 6.07 Å². The summed E-state index contributed by atoms with van der Waals surface area (Å²) in [6.45, 7) is 0. The van der Waals surface area contributed by atoms with Gasteiger partial charge in [-0.05, 0) is 9.41 Å². The molecule has 0 aromatic heterocycles. The van der Waals surface area contributed by atoms with Crippen LogP contribution in [0.5, 0.6) is 0 Å². The van der Waals surface area contributed by atoms with Crippen molar-refractivity contribution in [2.24, 2.45) is 0 Å². The Bertz CT molecular complexity index is 488. The molecule has 0 saturated carbocycles. The van der Waals surface area contributed by atoms with Gasteiger partial charge in [-0.3, -0.25) is 10.1 Å². The van der Waals surface area contributed by atoms with Gasteiger partial charge in [0.25, 0.3) is 15.7 Å². The lowest BCUT2D eigenvalue weighted by Crippen LogP contribution is -2.12. The number of nitrogens with zero attached hydrogens (tertiary/aromatic N) is 2. The highest BCUT2D eigenvalue weighted by atomic mass is 35.5. The number of rotatable bonds is 3. The summed E-state index contributed by atoms with van der Waals surface area (Å²) in [5, 5.41) is 10.4. The fourth-order valence-electron chi connectivity index (χ4n) is 0.837. The van der Waals surface area contributed by atoms with E-state index in [4.69, 9.17) is 23.6 Å². The van der Waals surface area contributed by atoms with Gasteiger partial charge in [-0.1, -0.05) is 6.07 Å². The SMILES string of the molecule is O=[N+]([O-])c1cccc(S(=O)(=O)N(Cl)Cl)c1. The minimum absolute atomic E-state index is 0.0495. The van der Waals surface area contributed by atoms with Crippen molar-refractivity contribution >= 4 is 39.3 Å². The number of nitro groups is 1. The summed E-state index contributed by atoms with van der Waals surface area (Å²) in [5.41, 5.74) is -0.355. The first-order valence-corrected chi connectivity index (χ1v) is 5.58. The van der Waals surface area contributed by atoms with Crippen LogP contribution in [0.15, 0.2) is 29.2 Å². The summed E-state index contributed by atoms with van der Waals surface area (Å²) < 4.78 is 22.6. The van der Waals surface area contributed by atoms with E-state index in [9.17, 15) is 18.5 Å². The second kappa shape index (κ2) is 4.31. The molecular weight excluding hydrogens is 267 g/mol. The maximum absolute atomic E-state index is 11.3. The lowest BCUT2D eigenvalue weighted by molar-refractivity contribution is -0.385. The molecule has 1 aromatic carbocycles. The van der Waals surface area contributed by atoms with Crippen LogP contribution in [0.3, 0.4) is 0 Å². The van der Waals surface area contributed by atoms with E-state index >= 15 is 0 Å². The Kier molecular flexibility index (Phi) is 3.50. The molecule has 9 heteroatoms. The highest BCUT2D eigenvalue weighted by Crippen LogP contribution is 2.23. The van der Waals surface area contributed by atoms with E-state index in [-0.39, 0.29) is 13.9 Å². The molecule has 0 aliphatic carbocycles. The van der Waals surface area contributed by atoms with Gasteiger partial charge in [0, 0.05) is 35.7 Å². The number of hydrogen-bond acceptors (Lipinski definition) is 4. The largest absolute Gasteiger partial charge is 0.270 e. The van der Waals surface area contributed by atoms with E-state index in [1.807, 2.05) is 0 Å². The van der Waals surface area contributed by atoms with E-state index < -0.39 is 14.9 Å². The molecule has 15 heavy (non-hydrogen) atoms. The molecule has 0 bridgehead atoms. The van der Waals surface area contributed by atoms with Gasteiger partial charge in [-0.15, -0.1) is 0 Å². The van der Waals surface area contributed by atoms with Crippen LogP contribution in [-0.2, 0) is 10.0 Å². The molecule has 0 radical (unpaired) electrons. The highest BCUT2D eigenvalue weighted by molar-refractivity contribution is 7.91. The first-order valence-electron chi connectivity index (χ1n) is 3.47. The summed E-state index contributed by atoms with van der Waals surface area (Å²) in [7, 11) is -4.07. The van der Waals surface area contributed by atoms with Gasteiger partial charge in [-0.25, -0.2) is 8.42 Å². The Morgan fingerprint density at radius 2 is 1.93 bits per heavy atom. The van der Waals surface area contributed by atoms with Crippen molar-refractivity contribution in [2.45, 2.75) is 4.90 Å². The molecule has 0 heterocycles. The van der Waals surface area contributed by atoms with Crippen molar-refractivity contribution in [1.82, 2.24) is 3.34 Å². The monoisotopic (exact) mass is 270 g/mol. The smallest absolute Gasteiger partial charge is 0.258 e. The maximum Gasteiger partial charge on any atom is 0.270 e. The predicted octanol–water partition coefficient (Wildman–Crippen LogP) is 1.89. The van der Waals surface area contributed by atoms with Gasteiger partial charge < -0.3 is 0 Å². The fraction of sp³-hybridized carbons (Fsp3) is 0. The maximum atomic E-state index is 11.3. The summed E-state index contributed by atoms with van der Waals surface area (Å²) >= 11 is 10.2. The topological polar surface area (TPSA) is 80.5 Å². The highest BCUT2D eigenvalue weighted by Gasteiger charge is 2.23.